The lowest BCUT2D eigenvalue weighted by Crippen LogP contribution is -2.39. The lowest BCUT2D eigenvalue weighted by molar-refractivity contribution is -0.129. The fourth-order valence-corrected chi connectivity index (χ4v) is 2.86. The molecule has 8 heteroatoms. The van der Waals surface area contributed by atoms with Crippen molar-refractivity contribution < 1.29 is 18.7 Å². The van der Waals surface area contributed by atoms with Crippen molar-refractivity contribution >= 4 is 11.8 Å². The second-order valence-electron chi connectivity index (χ2n) is 6.54. The minimum Gasteiger partial charge on any atom is -0.487 e. The summed E-state index contributed by atoms with van der Waals surface area (Å²) < 4.78 is 18.6. The number of benzene rings is 1. The van der Waals surface area contributed by atoms with Gasteiger partial charge in [0, 0.05) is 25.1 Å². The van der Waals surface area contributed by atoms with Crippen LogP contribution in [0.4, 0.5) is 4.39 Å². The van der Waals surface area contributed by atoms with Crippen LogP contribution in [0, 0.1) is 5.82 Å². The smallest absolute Gasteiger partial charge is 0.272 e. The van der Waals surface area contributed by atoms with Gasteiger partial charge in [0.2, 0.25) is 5.91 Å². The predicted molar refractivity (Wildman–Crippen MR) is 92.0 cm³/mol. The van der Waals surface area contributed by atoms with Crippen LogP contribution in [0.2, 0.25) is 0 Å². The SMILES string of the molecule is CC(C)N1C[C@@H](NC(=O)c2cc(COc3cccc(F)c3)[nH]n2)CC1=O. The summed E-state index contributed by atoms with van der Waals surface area (Å²) in [5.41, 5.74) is 0.809. The van der Waals surface area contributed by atoms with Gasteiger partial charge in [0.05, 0.1) is 11.7 Å². The van der Waals surface area contributed by atoms with Crippen LogP contribution in [0.1, 0.15) is 36.5 Å². The highest BCUT2D eigenvalue weighted by molar-refractivity contribution is 5.93. The van der Waals surface area contributed by atoms with E-state index in [1.54, 1.807) is 23.1 Å². The van der Waals surface area contributed by atoms with Gasteiger partial charge in [0.25, 0.3) is 5.91 Å². The summed E-state index contributed by atoms with van der Waals surface area (Å²) in [6.45, 7) is 4.52. The zero-order valence-electron chi connectivity index (χ0n) is 14.7. The third-order valence-corrected chi connectivity index (χ3v) is 4.17. The van der Waals surface area contributed by atoms with Gasteiger partial charge in [-0.1, -0.05) is 6.07 Å². The summed E-state index contributed by atoms with van der Waals surface area (Å²) in [7, 11) is 0. The first kappa shape index (κ1) is 17.9. The summed E-state index contributed by atoms with van der Waals surface area (Å²) in [6, 6.07) is 7.28. The molecule has 1 aliphatic heterocycles. The van der Waals surface area contributed by atoms with E-state index in [1.807, 2.05) is 13.8 Å². The molecule has 3 rings (SSSR count). The van der Waals surface area contributed by atoms with Gasteiger partial charge in [-0.15, -0.1) is 0 Å². The van der Waals surface area contributed by atoms with Crippen LogP contribution < -0.4 is 10.1 Å². The number of amides is 2. The van der Waals surface area contributed by atoms with Crippen LogP contribution >= 0.6 is 0 Å². The molecule has 2 amide bonds. The van der Waals surface area contributed by atoms with Gasteiger partial charge in [-0.05, 0) is 32.0 Å². The fourth-order valence-electron chi connectivity index (χ4n) is 2.86. The Kier molecular flexibility index (Phi) is 5.20. The molecule has 0 bridgehead atoms. The van der Waals surface area contributed by atoms with Crippen molar-refractivity contribution in [2.45, 2.75) is 39.0 Å². The number of ether oxygens (including phenoxy) is 1. The van der Waals surface area contributed by atoms with Gasteiger partial charge < -0.3 is 15.0 Å². The van der Waals surface area contributed by atoms with Crippen molar-refractivity contribution in [2.24, 2.45) is 0 Å². The summed E-state index contributed by atoms with van der Waals surface area (Å²) >= 11 is 0. The molecule has 138 valence electrons. The van der Waals surface area contributed by atoms with E-state index in [0.717, 1.165) is 0 Å². The quantitative estimate of drug-likeness (QED) is 0.823. The van der Waals surface area contributed by atoms with Crippen LogP contribution in [0.25, 0.3) is 0 Å². The Morgan fingerprint density at radius 3 is 2.96 bits per heavy atom. The third-order valence-electron chi connectivity index (χ3n) is 4.17. The van der Waals surface area contributed by atoms with Crippen LogP contribution in [0.5, 0.6) is 5.75 Å². The van der Waals surface area contributed by atoms with E-state index in [2.05, 4.69) is 15.5 Å². The second kappa shape index (κ2) is 7.55. The number of hydrogen-bond acceptors (Lipinski definition) is 4. The number of rotatable bonds is 6. The first-order valence-electron chi connectivity index (χ1n) is 8.45. The third kappa shape index (κ3) is 4.19. The van der Waals surface area contributed by atoms with Gasteiger partial charge in [-0.3, -0.25) is 14.7 Å². The van der Waals surface area contributed by atoms with Crippen LogP contribution in [0.15, 0.2) is 30.3 Å². The Morgan fingerprint density at radius 2 is 2.27 bits per heavy atom. The molecule has 2 aromatic rings. The number of H-pyrrole nitrogens is 1. The largest absolute Gasteiger partial charge is 0.487 e. The van der Waals surface area contributed by atoms with Crippen LogP contribution in [-0.4, -0.2) is 45.5 Å². The molecule has 0 aliphatic carbocycles. The fraction of sp³-hybridized carbons (Fsp3) is 0.389. The molecule has 1 atom stereocenters. The van der Waals surface area contributed by atoms with E-state index in [4.69, 9.17) is 4.74 Å². The molecule has 1 aromatic heterocycles. The molecule has 0 unspecified atom stereocenters. The molecule has 1 fully saturated rings. The number of nitrogens with one attached hydrogen (secondary N) is 2. The highest BCUT2D eigenvalue weighted by Gasteiger charge is 2.32. The maximum Gasteiger partial charge on any atom is 0.272 e. The first-order valence-corrected chi connectivity index (χ1v) is 8.45. The molecular weight excluding hydrogens is 339 g/mol. The number of carbonyl (C=O) groups excluding carboxylic acids is 2. The average molecular weight is 360 g/mol. The number of aromatic amines is 1. The van der Waals surface area contributed by atoms with E-state index in [9.17, 15) is 14.0 Å². The minimum absolute atomic E-state index is 0.0384. The zero-order chi connectivity index (χ0) is 18.7. The van der Waals surface area contributed by atoms with Crippen molar-refractivity contribution in [3.8, 4) is 5.75 Å². The molecule has 7 nitrogen and oxygen atoms in total. The maximum atomic E-state index is 13.1. The summed E-state index contributed by atoms with van der Waals surface area (Å²) in [5.74, 6) is -0.296. The minimum atomic E-state index is -0.381. The van der Waals surface area contributed by atoms with Gasteiger partial charge in [0.15, 0.2) is 0 Å². The first-order chi connectivity index (χ1) is 12.4. The average Bonchev–Trinajstić information content (AvgIpc) is 3.20. The number of nitrogens with zero attached hydrogens (tertiary/aromatic N) is 2. The van der Waals surface area contributed by atoms with Gasteiger partial charge in [-0.2, -0.15) is 5.10 Å². The van der Waals surface area contributed by atoms with Crippen LogP contribution in [0.3, 0.4) is 0 Å². The number of carbonyl (C=O) groups is 2. The molecule has 1 aromatic carbocycles. The molecule has 2 N–H and O–H groups in total. The predicted octanol–water partition coefficient (Wildman–Crippen LogP) is 1.87. The van der Waals surface area contributed by atoms with Crippen molar-refractivity contribution in [2.75, 3.05) is 6.54 Å². The number of hydrogen-bond donors (Lipinski definition) is 2. The maximum absolute atomic E-state index is 13.1. The van der Waals surface area contributed by atoms with E-state index in [-0.39, 0.29) is 42.0 Å². The monoisotopic (exact) mass is 360 g/mol. The highest BCUT2D eigenvalue weighted by Crippen LogP contribution is 2.16. The molecule has 0 saturated carbocycles. The van der Waals surface area contributed by atoms with Crippen LogP contribution in [-0.2, 0) is 11.4 Å². The highest BCUT2D eigenvalue weighted by atomic mass is 19.1. The molecule has 1 saturated heterocycles. The molecular formula is C18H21FN4O3. The van der Waals surface area contributed by atoms with Crippen molar-refractivity contribution in [3.63, 3.8) is 0 Å². The Morgan fingerprint density at radius 1 is 1.46 bits per heavy atom. The lowest BCUT2D eigenvalue weighted by Gasteiger charge is -2.20. The number of aromatic nitrogens is 2. The lowest BCUT2D eigenvalue weighted by atomic mass is 10.2. The van der Waals surface area contributed by atoms with E-state index < -0.39 is 0 Å². The Bertz CT molecular complexity index is 805. The standard InChI is InChI=1S/C18H21FN4O3/c1-11(2)23-9-13(8-17(23)24)20-18(25)16-7-14(21-22-16)10-26-15-5-3-4-12(19)6-15/h3-7,11,13H,8-10H2,1-2H3,(H,20,25)(H,21,22)/t13-/m0/s1. The Labute approximate surface area is 150 Å². The normalized spacial score (nSPS) is 17.0. The van der Waals surface area contributed by atoms with E-state index in [0.29, 0.717) is 24.4 Å². The van der Waals surface area contributed by atoms with Crippen molar-refractivity contribution in [3.05, 3.63) is 47.5 Å². The van der Waals surface area contributed by atoms with Crippen molar-refractivity contribution in [1.82, 2.24) is 20.4 Å². The topological polar surface area (TPSA) is 87.3 Å². The number of likely N-dealkylation sites (tertiary alicyclic amines) is 1. The zero-order valence-corrected chi connectivity index (χ0v) is 14.7. The Hall–Kier alpha value is -2.90. The summed E-state index contributed by atoms with van der Waals surface area (Å²) in [5, 5.41) is 9.53. The summed E-state index contributed by atoms with van der Waals surface area (Å²) in [4.78, 5) is 25.9. The van der Waals surface area contributed by atoms with Crippen molar-refractivity contribution in [1.29, 1.82) is 0 Å². The molecule has 0 spiro atoms. The molecule has 2 heterocycles. The number of halogens is 1. The van der Waals surface area contributed by atoms with Gasteiger partial charge >= 0.3 is 0 Å². The molecule has 0 radical (unpaired) electrons. The van der Waals surface area contributed by atoms with E-state index in [1.165, 1.54) is 12.1 Å². The second-order valence-corrected chi connectivity index (χ2v) is 6.54. The Balaban J connectivity index is 1.54. The molecule has 1 aliphatic rings. The van der Waals surface area contributed by atoms with E-state index >= 15 is 0 Å². The van der Waals surface area contributed by atoms with Gasteiger partial charge in [0.1, 0.15) is 23.9 Å². The summed E-state index contributed by atoms with van der Waals surface area (Å²) in [6.07, 6.45) is 0.296. The van der Waals surface area contributed by atoms with Gasteiger partial charge in [-0.25, -0.2) is 4.39 Å². The molecule has 26 heavy (non-hydrogen) atoms.